The molecule has 3 unspecified atom stereocenters. The SMILES string of the molecule is CCc1c(F)ccc2cc(O)cc(-c3ncc4c(N5CCOCC(O)C5)nc(OCC56CCCC5N(C5CC7(C5)CN(C(C)=O)C7)CCC6)nc4c3F)c12. The summed E-state index contributed by atoms with van der Waals surface area (Å²) in [5.41, 5.74) is 0.806. The Balaban J connectivity index is 1.07. The lowest BCUT2D eigenvalue weighted by molar-refractivity contribution is -0.162. The van der Waals surface area contributed by atoms with Crippen molar-refractivity contribution in [3.8, 4) is 23.0 Å². The van der Waals surface area contributed by atoms with Gasteiger partial charge in [-0.05, 0) is 86.0 Å². The summed E-state index contributed by atoms with van der Waals surface area (Å²) in [5.74, 6) is -0.678. The molecular formula is C41H48F2N6O5. The summed E-state index contributed by atoms with van der Waals surface area (Å²) in [5, 5.41) is 22.8. The van der Waals surface area contributed by atoms with Crippen LogP contribution in [0, 0.1) is 22.5 Å². The van der Waals surface area contributed by atoms with Gasteiger partial charge in [0.1, 0.15) is 28.6 Å². The zero-order chi connectivity index (χ0) is 37.4. The van der Waals surface area contributed by atoms with Crippen molar-refractivity contribution >= 4 is 33.4 Å². The molecule has 4 aromatic rings. The molecule has 2 aromatic heterocycles. The Morgan fingerprint density at radius 2 is 1.93 bits per heavy atom. The Kier molecular flexibility index (Phi) is 8.89. The van der Waals surface area contributed by atoms with Gasteiger partial charge in [-0.15, -0.1) is 0 Å². The first-order chi connectivity index (χ1) is 26.1. The maximum absolute atomic E-state index is 17.1. The van der Waals surface area contributed by atoms with Crippen molar-refractivity contribution in [1.29, 1.82) is 0 Å². The molecule has 3 atom stereocenters. The summed E-state index contributed by atoms with van der Waals surface area (Å²) in [7, 11) is 0. The van der Waals surface area contributed by atoms with Crippen LogP contribution in [0.3, 0.4) is 0 Å². The number of amides is 1. The van der Waals surface area contributed by atoms with Crippen molar-refractivity contribution in [3.05, 3.63) is 47.7 Å². The molecule has 2 aromatic carbocycles. The lowest BCUT2D eigenvalue weighted by Gasteiger charge is -2.63. The molecule has 5 heterocycles. The van der Waals surface area contributed by atoms with Crippen molar-refractivity contribution < 1.29 is 33.3 Å². The maximum Gasteiger partial charge on any atom is 0.319 e. The maximum atomic E-state index is 17.1. The van der Waals surface area contributed by atoms with Crippen LogP contribution >= 0.6 is 0 Å². The number of halogens is 2. The molecule has 5 aliphatic rings. The van der Waals surface area contributed by atoms with E-state index in [-0.39, 0.29) is 58.4 Å². The van der Waals surface area contributed by atoms with E-state index < -0.39 is 17.7 Å². The van der Waals surface area contributed by atoms with Gasteiger partial charge in [-0.25, -0.2) is 8.78 Å². The van der Waals surface area contributed by atoms with E-state index in [0.717, 1.165) is 64.6 Å². The molecule has 11 nitrogen and oxygen atoms in total. The number of aryl methyl sites for hydroxylation is 1. The quantitative estimate of drug-likeness (QED) is 0.247. The number of pyridine rings is 1. The number of ether oxygens (including phenoxy) is 2. The minimum Gasteiger partial charge on any atom is -0.508 e. The number of aromatic hydroxyl groups is 1. The van der Waals surface area contributed by atoms with Gasteiger partial charge in [0.15, 0.2) is 5.82 Å². The highest BCUT2D eigenvalue weighted by atomic mass is 19.1. The number of aromatic nitrogens is 3. The summed E-state index contributed by atoms with van der Waals surface area (Å²) >= 11 is 0. The first-order valence-electron chi connectivity index (χ1n) is 19.5. The number of carbonyl (C=O) groups is 1. The topological polar surface area (TPSA) is 124 Å². The summed E-state index contributed by atoms with van der Waals surface area (Å²) in [4.78, 5) is 32.5. The van der Waals surface area contributed by atoms with E-state index in [1.165, 1.54) is 24.4 Å². The monoisotopic (exact) mass is 742 g/mol. The molecular weight excluding hydrogens is 694 g/mol. The minimum atomic E-state index is -0.776. The van der Waals surface area contributed by atoms with Gasteiger partial charge >= 0.3 is 6.01 Å². The van der Waals surface area contributed by atoms with E-state index in [9.17, 15) is 15.0 Å². The second kappa shape index (κ2) is 13.5. The molecule has 2 N–H and O–H groups in total. The van der Waals surface area contributed by atoms with Crippen LogP contribution in [0.1, 0.15) is 64.4 Å². The number of likely N-dealkylation sites (tertiary alicyclic amines) is 2. The molecule has 54 heavy (non-hydrogen) atoms. The average molecular weight is 743 g/mol. The van der Waals surface area contributed by atoms with Gasteiger partial charge in [0, 0.05) is 67.8 Å². The standard InChI is InChI=1S/C41H48F2N6O5/c1-3-29-32(42)8-7-25-14-27(51)15-30(34(25)29)36-35(43)37-31(18-44-36)38(47-12-13-53-20-28(52)19-47)46-39(45-37)54-23-41-9-4-6-33(41)49(11-5-10-41)26-16-40(17-26)21-48(22-40)24(2)50/h7-8,14-15,18,26,28,33,51-52H,3-6,9-13,16-17,19-23H2,1-2H3. The summed E-state index contributed by atoms with van der Waals surface area (Å²) in [6.07, 6.45) is 8.70. The number of piperidine rings is 1. The lowest BCUT2D eigenvalue weighted by atomic mass is 9.59. The number of aliphatic hydroxyl groups is 1. The molecule has 1 spiro atoms. The van der Waals surface area contributed by atoms with Gasteiger partial charge in [0.2, 0.25) is 5.91 Å². The fourth-order valence-electron chi connectivity index (χ4n) is 10.5. The van der Waals surface area contributed by atoms with Crippen LogP contribution in [0.5, 0.6) is 11.8 Å². The van der Waals surface area contributed by atoms with Crippen LogP contribution in [-0.2, 0) is 16.0 Å². The van der Waals surface area contributed by atoms with Crippen molar-refractivity contribution in [3.63, 3.8) is 0 Å². The number of aliphatic hydroxyl groups excluding tert-OH is 1. The Morgan fingerprint density at radius 1 is 1.11 bits per heavy atom. The number of hydrogen-bond donors (Lipinski definition) is 2. The highest BCUT2D eigenvalue weighted by molar-refractivity contribution is 6.01. The first-order valence-corrected chi connectivity index (χ1v) is 19.5. The highest BCUT2D eigenvalue weighted by Gasteiger charge is 2.58. The number of β-amino-alcohol motifs (C(OH)–C–C–N with tert-alkyl or cyclic N) is 1. The van der Waals surface area contributed by atoms with Crippen LogP contribution in [-0.4, -0.2) is 112 Å². The molecule has 0 radical (unpaired) electrons. The summed E-state index contributed by atoms with van der Waals surface area (Å²) < 4.78 is 44.4. The van der Waals surface area contributed by atoms with E-state index in [1.54, 1.807) is 13.0 Å². The molecule has 3 saturated heterocycles. The number of hydrogen-bond acceptors (Lipinski definition) is 10. The third kappa shape index (κ3) is 5.94. The van der Waals surface area contributed by atoms with Gasteiger partial charge in [-0.3, -0.25) is 14.7 Å². The third-order valence-electron chi connectivity index (χ3n) is 13.1. The Bertz CT molecular complexity index is 2120. The second-order valence-electron chi connectivity index (χ2n) is 16.5. The zero-order valence-corrected chi connectivity index (χ0v) is 31.0. The Labute approximate surface area is 313 Å². The summed E-state index contributed by atoms with van der Waals surface area (Å²) in [6.45, 7) is 7.86. The van der Waals surface area contributed by atoms with Gasteiger partial charge in [-0.2, -0.15) is 9.97 Å². The molecule has 286 valence electrons. The number of rotatable bonds is 7. The van der Waals surface area contributed by atoms with Gasteiger partial charge in [0.25, 0.3) is 0 Å². The van der Waals surface area contributed by atoms with Crippen LogP contribution < -0.4 is 9.64 Å². The van der Waals surface area contributed by atoms with E-state index >= 15 is 8.78 Å². The first kappa shape index (κ1) is 35.5. The van der Waals surface area contributed by atoms with Gasteiger partial charge in [0.05, 0.1) is 31.3 Å². The van der Waals surface area contributed by atoms with Crippen LogP contribution in [0.25, 0.3) is 32.9 Å². The average Bonchev–Trinajstić information content (AvgIpc) is 3.44. The molecule has 0 bridgehead atoms. The number of benzene rings is 2. The van der Waals surface area contributed by atoms with Gasteiger partial charge < -0.3 is 29.5 Å². The number of phenolic OH excluding ortho intramolecular Hbond substituents is 1. The van der Waals surface area contributed by atoms with E-state index in [1.807, 2.05) is 16.7 Å². The molecule has 13 heteroatoms. The van der Waals surface area contributed by atoms with Crippen molar-refractivity contribution in [2.24, 2.45) is 10.8 Å². The van der Waals surface area contributed by atoms with E-state index in [4.69, 9.17) is 19.4 Å². The molecule has 3 aliphatic heterocycles. The fourth-order valence-corrected chi connectivity index (χ4v) is 10.5. The molecule has 1 amide bonds. The molecule has 2 saturated carbocycles. The number of carbonyl (C=O) groups excluding carboxylic acids is 1. The van der Waals surface area contributed by atoms with Crippen molar-refractivity contribution in [1.82, 2.24) is 24.8 Å². The predicted octanol–water partition coefficient (Wildman–Crippen LogP) is 5.61. The largest absolute Gasteiger partial charge is 0.508 e. The molecule has 9 rings (SSSR count). The second-order valence-corrected chi connectivity index (χ2v) is 16.5. The van der Waals surface area contributed by atoms with Crippen LogP contribution in [0.4, 0.5) is 14.6 Å². The zero-order valence-electron chi connectivity index (χ0n) is 31.0. The minimum absolute atomic E-state index is 0.00351. The fraction of sp³-hybridized carbons (Fsp3) is 0.561. The van der Waals surface area contributed by atoms with Crippen LogP contribution in [0.2, 0.25) is 0 Å². The third-order valence-corrected chi connectivity index (χ3v) is 13.1. The van der Waals surface area contributed by atoms with Crippen LogP contribution in [0.15, 0.2) is 30.5 Å². The number of anilines is 1. The smallest absolute Gasteiger partial charge is 0.319 e. The number of fused-ring (bicyclic) bond motifs is 3. The van der Waals surface area contributed by atoms with Crippen molar-refractivity contribution in [2.75, 3.05) is 57.4 Å². The van der Waals surface area contributed by atoms with Crippen molar-refractivity contribution in [2.45, 2.75) is 83.4 Å². The summed E-state index contributed by atoms with van der Waals surface area (Å²) in [6, 6.07) is 6.82. The van der Waals surface area contributed by atoms with E-state index in [0.29, 0.717) is 65.8 Å². The predicted molar refractivity (Wildman–Crippen MR) is 199 cm³/mol. The Hall–Kier alpha value is -4.20. The normalized spacial score (nSPS) is 25.8. The Morgan fingerprint density at radius 3 is 2.72 bits per heavy atom. The number of phenols is 1. The molecule has 2 aliphatic carbocycles. The highest BCUT2D eigenvalue weighted by Crippen LogP contribution is 2.55. The van der Waals surface area contributed by atoms with E-state index in [2.05, 4.69) is 9.88 Å². The number of nitrogens with zero attached hydrogens (tertiary/aromatic N) is 6. The van der Waals surface area contributed by atoms with Gasteiger partial charge in [-0.1, -0.05) is 19.4 Å². The lowest BCUT2D eigenvalue weighted by Crippen LogP contribution is -2.69. The molecule has 5 fully saturated rings.